The minimum Gasteiger partial charge on any atom is -0.496 e. The SMILES string of the molecule is COc1ccccc1CCNCc1ccccc1C(N)=O. The first kappa shape index (κ1) is 15.1. The summed E-state index contributed by atoms with van der Waals surface area (Å²) in [7, 11) is 1.68. The van der Waals surface area contributed by atoms with Gasteiger partial charge in [0, 0.05) is 12.1 Å². The summed E-state index contributed by atoms with van der Waals surface area (Å²) in [5.74, 6) is 0.508. The van der Waals surface area contributed by atoms with Crippen LogP contribution in [0, 0.1) is 0 Å². The van der Waals surface area contributed by atoms with Gasteiger partial charge in [-0.05, 0) is 36.2 Å². The lowest BCUT2D eigenvalue weighted by Gasteiger charge is -2.10. The number of benzene rings is 2. The Kier molecular flexibility index (Phi) is 5.35. The molecule has 0 saturated carbocycles. The summed E-state index contributed by atoms with van der Waals surface area (Å²) < 4.78 is 5.32. The zero-order valence-electron chi connectivity index (χ0n) is 12.1. The van der Waals surface area contributed by atoms with E-state index >= 15 is 0 Å². The van der Waals surface area contributed by atoms with Crippen LogP contribution in [0.5, 0.6) is 5.75 Å². The Morgan fingerprint density at radius 1 is 1.10 bits per heavy atom. The fourth-order valence-electron chi connectivity index (χ4n) is 2.27. The number of nitrogens with one attached hydrogen (secondary N) is 1. The molecule has 0 saturated heterocycles. The second-order valence-electron chi connectivity index (χ2n) is 4.76. The fourth-order valence-corrected chi connectivity index (χ4v) is 2.27. The predicted octanol–water partition coefficient (Wildman–Crippen LogP) is 2.13. The molecule has 0 spiro atoms. The van der Waals surface area contributed by atoms with Crippen LogP contribution in [-0.2, 0) is 13.0 Å². The molecule has 2 rings (SSSR count). The maximum absolute atomic E-state index is 11.3. The Balaban J connectivity index is 1.89. The molecule has 0 aromatic heterocycles. The van der Waals surface area contributed by atoms with Crippen LogP contribution in [0.25, 0.3) is 0 Å². The van der Waals surface area contributed by atoms with Crippen molar-refractivity contribution in [3.63, 3.8) is 0 Å². The van der Waals surface area contributed by atoms with Gasteiger partial charge in [-0.15, -0.1) is 0 Å². The Bertz CT molecular complexity index is 611. The molecule has 2 aromatic rings. The topological polar surface area (TPSA) is 64.3 Å². The number of primary amides is 1. The summed E-state index contributed by atoms with van der Waals surface area (Å²) in [5, 5.41) is 3.33. The first-order valence-electron chi connectivity index (χ1n) is 6.92. The van der Waals surface area contributed by atoms with Crippen LogP contribution in [0.4, 0.5) is 0 Å². The van der Waals surface area contributed by atoms with Crippen LogP contribution < -0.4 is 15.8 Å². The zero-order valence-corrected chi connectivity index (χ0v) is 12.1. The number of carbonyl (C=O) groups excluding carboxylic acids is 1. The van der Waals surface area contributed by atoms with Crippen molar-refractivity contribution in [2.75, 3.05) is 13.7 Å². The van der Waals surface area contributed by atoms with E-state index in [1.807, 2.05) is 36.4 Å². The molecule has 0 aliphatic carbocycles. The standard InChI is InChI=1S/C17H20N2O2/c1-21-16-9-5-3-6-13(16)10-11-19-12-14-7-2-4-8-15(14)17(18)20/h2-9,19H,10-12H2,1H3,(H2,18,20). The van der Waals surface area contributed by atoms with Crippen LogP contribution in [-0.4, -0.2) is 19.6 Å². The molecule has 0 unspecified atom stereocenters. The van der Waals surface area contributed by atoms with E-state index in [-0.39, 0.29) is 0 Å². The van der Waals surface area contributed by atoms with Gasteiger partial charge in [0.2, 0.25) is 5.91 Å². The summed E-state index contributed by atoms with van der Waals surface area (Å²) in [4.78, 5) is 11.3. The van der Waals surface area contributed by atoms with Crippen LogP contribution in [0.3, 0.4) is 0 Å². The smallest absolute Gasteiger partial charge is 0.249 e. The number of amides is 1. The molecule has 1 amide bonds. The van der Waals surface area contributed by atoms with Gasteiger partial charge in [-0.2, -0.15) is 0 Å². The molecule has 3 N–H and O–H groups in total. The van der Waals surface area contributed by atoms with Gasteiger partial charge in [0.1, 0.15) is 5.75 Å². The highest BCUT2D eigenvalue weighted by Gasteiger charge is 2.06. The van der Waals surface area contributed by atoms with Crippen LogP contribution in [0.15, 0.2) is 48.5 Å². The van der Waals surface area contributed by atoms with E-state index in [1.165, 1.54) is 0 Å². The van der Waals surface area contributed by atoms with Gasteiger partial charge in [-0.25, -0.2) is 0 Å². The van der Waals surface area contributed by atoms with E-state index in [4.69, 9.17) is 10.5 Å². The number of para-hydroxylation sites is 1. The molecule has 0 aliphatic heterocycles. The van der Waals surface area contributed by atoms with E-state index in [0.717, 1.165) is 29.8 Å². The Hall–Kier alpha value is -2.33. The van der Waals surface area contributed by atoms with Crippen molar-refractivity contribution < 1.29 is 9.53 Å². The fraction of sp³-hybridized carbons (Fsp3) is 0.235. The van der Waals surface area contributed by atoms with E-state index in [0.29, 0.717) is 12.1 Å². The maximum Gasteiger partial charge on any atom is 0.249 e. The second kappa shape index (κ2) is 7.45. The second-order valence-corrected chi connectivity index (χ2v) is 4.76. The van der Waals surface area contributed by atoms with Gasteiger partial charge in [-0.1, -0.05) is 36.4 Å². The molecule has 0 radical (unpaired) electrons. The van der Waals surface area contributed by atoms with Gasteiger partial charge < -0.3 is 15.8 Å². The maximum atomic E-state index is 11.3. The molecule has 0 aliphatic rings. The lowest BCUT2D eigenvalue weighted by molar-refractivity contribution is 0.0999. The summed E-state index contributed by atoms with van der Waals surface area (Å²) in [6.07, 6.45) is 0.864. The third-order valence-electron chi connectivity index (χ3n) is 3.36. The minimum atomic E-state index is -0.392. The van der Waals surface area contributed by atoms with Crippen LogP contribution >= 0.6 is 0 Å². The lowest BCUT2D eigenvalue weighted by atomic mass is 10.1. The van der Waals surface area contributed by atoms with Crippen molar-refractivity contribution in [3.8, 4) is 5.75 Å². The summed E-state index contributed by atoms with van der Waals surface area (Å²) in [5.41, 5.74) is 8.02. The van der Waals surface area contributed by atoms with Crippen LogP contribution in [0.2, 0.25) is 0 Å². The molecular weight excluding hydrogens is 264 g/mol. The molecule has 0 fully saturated rings. The predicted molar refractivity (Wildman–Crippen MR) is 83.4 cm³/mol. The first-order valence-corrected chi connectivity index (χ1v) is 6.92. The monoisotopic (exact) mass is 284 g/mol. The van der Waals surface area contributed by atoms with Gasteiger partial charge in [0.15, 0.2) is 0 Å². The Labute approximate surface area is 124 Å². The number of hydrogen-bond donors (Lipinski definition) is 2. The van der Waals surface area contributed by atoms with Crippen molar-refractivity contribution in [2.24, 2.45) is 5.73 Å². The minimum absolute atomic E-state index is 0.392. The molecular formula is C17H20N2O2. The highest BCUT2D eigenvalue weighted by molar-refractivity contribution is 5.94. The highest BCUT2D eigenvalue weighted by atomic mass is 16.5. The quantitative estimate of drug-likeness (QED) is 0.766. The molecule has 4 heteroatoms. The van der Waals surface area contributed by atoms with Crippen molar-refractivity contribution >= 4 is 5.91 Å². The molecule has 0 heterocycles. The third kappa shape index (κ3) is 4.07. The molecule has 0 atom stereocenters. The highest BCUT2D eigenvalue weighted by Crippen LogP contribution is 2.17. The number of methoxy groups -OCH3 is 1. The molecule has 21 heavy (non-hydrogen) atoms. The summed E-state index contributed by atoms with van der Waals surface area (Å²) >= 11 is 0. The number of nitrogens with two attached hydrogens (primary N) is 1. The van der Waals surface area contributed by atoms with E-state index in [9.17, 15) is 4.79 Å². The zero-order chi connectivity index (χ0) is 15.1. The normalized spacial score (nSPS) is 10.3. The lowest BCUT2D eigenvalue weighted by Crippen LogP contribution is -2.20. The largest absolute Gasteiger partial charge is 0.496 e. The van der Waals surface area contributed by atoms with Crippen molar-refractivity contribution in [1.29, 1.82) is 0 Å². The van der Waals surface area contributed by atoms with Crippen LogP contribution in [0.1, 0.15) is 21.5 Å². The average molecular weight is 284 g/mol. The first-order chi connectivity index (χ1) is 10.2. The van der Waals surface area contributed by atoms with Gasteiger partial charge in [0.05, 0.1) is 7.11 Å². The van der Waals surface area contributed by atoms with Gasteiger partial charge in [0.25, 0.3) is 0 Å². The van der Waals surface area contributed by atoms with E-state index < -0.39 is 5.91 Å². The third-order valence-corrected chi connectivity index (χ3v) is 3.36. The number of carbonyl (C=O) groups is 1. The van der Waals surface area contributed by atoms with Crippen molar-refractivity contribution in [2.45, 2.75) is 13.0 Å². The van der Waals surface area contributed by atoms with E-state index in [1.54, 1.807) is 13.2 Å². The van der Waals surface area contributed by atoms with E-state index in [2.05, 4.69) is 11.4 Å². The summed E-state index contributed by atoms with van der Waals surface area (Å²) in [6, 6.07) is 15.4. The summed E-state index contributed by atoms with van der Waals surface area (Å²) in [6.45, 7) is 1.42. The van der Waals surface area contributed by atoms with Crippen molar-refractivity contribution in [3.05, 3.63) is 65.2 Å². The van der Waals surface area contributed by atoms with Gasteiger partial charge >= 0.3 is 0 Å². The molecule has 0 bridgehead atoms. The van der Waals surface area contributed by atoms with Gasteiger partial charge in [-0.3, -0.25) is 4.79 Å². The number of rotatable bonds is 7. The molecule has 2 aromatic carbocycles. The average Bonchev–Trinajstić information content (AvgIpc) is 2.52. The van der Waals surface area contributed by atoms with Crippen molar-refractivity contribution in [1.82, 2.24) is 5.32 Å². The number of hydrogen-bond acceptors (Lipinski definition) is 3. The Morgan fingerprint density at radius 3 is 2.48 bits per heavy atom. The molecule has 110 valence electrons. The molecule has 4 nitrogen and oxygen atoms in total. The number of ether oxygens (including phenoxy) is 1. The Morgan fingerprint density at radius 2 is 1.76 bits per heavy atom.